The third-order valence-electron chi connectivity index (χ3n) is 5.06. The number of aliphatic carboxylic acids is 1. The monoisotopic (exact) mass is 384 g/mol. The van der Waals surface area contributed by atoms with Crippen LogP contribution in [0.15, 0.2) is 0 Å². The fourth-order valence-electron chi connectivity index (χ4n) is 3.47. The molecule has 2 atom stereocenters. The molecule has 1 aliphatic carbocycles. The van der Waals surface area contributed by atoms with Crippen LogP contribution in [-0.4, -0.2) is 36.2 Å². The molecular weight excluding hydrogens is 348 g/mol. The van der Waals surface area contributed by atoms with Crippen LogP contribution in [0.1, 0.15) is 72.6 Å². The topological polar surface area (TPSA) is 89.9 Å². The molecular formula is C21H36O6. The molecule has 0 spiro atoms. The normalized spacial score (nSPS) is 22.7. The van der Waals surface area contributed by atoms with Gasteiger partial charge < -0.3 is 14.6 Å². The first-order valence-corrected chi connectivity index (χ1v) is 10.3. The second-order valence-electron chi connectivity index (χ2n) is 8.54. The predicted molar refractivity (Wildman–Crippen MR) is 102 cm³/mol. The lowest BCUT2D eigenvalue weighted by Crippen LogP contribution is -2.36. The van der Waals surface area contributed by atoms with E-state index in [-0.39, 0.29) is 24.8 Å². The van der Waals surface area contributed by atoms with Crippen LogP contribution in [0.4, 0.5) is 0 Å². The van der Waals surface area contributed by atoms with E-state index in [1.165, 1.54) is 0 Å². The summed E-state index contributed by atoms with van der Waals surface area (Å²) in [5.41, 5.74) is 0. The molecule has 0 aliphatic heterocycles. The summed E-state index contributed by atoms with van der Waals surface area (Å²) in [6, 6.07) is 0. The van der Waals surface area contributed by atoms with Gasteiger partial charge in [0.15, 0.2) is 0 Å². The van der Waals surface area contributed by atoms with E-state index in [0.717, 1.165) is 25.7 Å². The number of carboxylic acids is 1. The summed E-state index contributed by atoms with van der Waals surface area (Å²) < 4.78 is 10.7. The minimum atomic E-state index is -0.968. The third-order valence-corrected chi connectivity index (χ3v) is 5.06. The molecule has 1 N–H and O–H groups in total. The molecule has 0 aromatic rings. The maximum atomic E-state index is 12.3. The van der Waals surface area contributed by atoms with Gasteiger partial charge in [0.2, 0.25) is 0 Å². The SMILES string of the molecule is CC(C)CCCOC(=O)C1CC(C(=O)O)CC(C(=O)OCCCC(C)C)C1. The van der Waals surface area contributed by atoms with Gasteiger partial charge in [-0.1, -0.05) is 27.7 Å². The summed E-state index contributed by atoms with van der Waals surface area (Å²) in [6.07, 6.45) is 4.31. The van der Waals surface area contributed by atoms with Crippen LogP contribution in [0.5, 0.6) is 0 Å². The Morgan fingerprint density at radius 3 is 1.48 bits per heavy atom. The lowest BCUT2D eigenvalue weighted by atomic mass is 9.75. The van der Waals surface area contributed by atoms with Crippen molar-refractivity contribution in [3.8, 4) is 0 Å². The van der Waals surface area contributed by atoms with Crippen molar-refractivity contribution in [2.24, 2.45) is 29.6 Å². The van der Waals surface area contributed by atoms with Crippen LogP contribution >= 0.6 is 0 Å². The molecule has 1 rings (SSSR count). The predicted octanol–water partition coefficient (Wildman–Crippen LogP) is 4.06. The first-order valence-electron chi connectivity index (χ1n) is 10.3. The van der Waals surface area contributed by atoms with Gasteiger partial charge in [-0.15, -0.1) is 0 Å². The van der Waals surface area contributed by atoms with Crippen LogP contribution < -0.4 is 0 Å². The Kier molecular flexibility index (Phi) is 10.4. The highest BCUT2D eigenvalue weighted by Crippen LogP contribution is 2.35. The fourth-order valence-corrected chi connectivity index (χ4v) is 3.47. The molecule has 6 heteroatoms. The summed E-state index contributed by atoms with van der Waals surface area (Å²) in [6.45, 7) is 9.12. The summed E-state index contributed by atoms with van der Waals surface area (Å²) in [5.74, 6) is -2.46. The molecule has 0 heterocycles. The Morgan fingerprint density at radius 2 is 1.15 bits per heavy atom. The van der Waals surface area contributed by atoms with Gasteiger partial charge in [-0.3, -0.25) is 14.4 Å². The van der Waals surface area contributed by atoms with Crippen LogP contribution in [-0.2, 0) is 23.9 Å². The summed E-state index contributed by atoms with van der Waals surface area (Å²) in [7, 11) is 0. The van der Waals surface area contributed by atoms with Crippen molar-refractivity contribution in [2.45, 2.75) is 72.6 Å². The molecule has 0 aromatic heterocycles. The lowest BCUT2D eigenvalue weighted by molar-refractivity contribution is -0.159. The summed E-state index contributed by atoms with van der Waals surface area (Å²) in [5, 5.41) is 9.38. The first kappa shape index (κ1) is 23.4. The highest BCUT2D eigenvalue weighted by atomic mass is 16.5. The molecule has 0 bridgehead atoms. The van der Waals surface area contributed by atoms with E-state index in [2.05, 4.69) is 27.7 Å². The van der Waals surface area contributed by atoms with E-state index in [1.807, 2.05) is 0 Å². The number of rotatable bonds is 11. The number of carbonyl (C=O) groups is 3. The van der Waals surface area contributed by atoms with Crippen molar-refractivity contribution in [3.63, 3.8) is 0 Å². The zero-order valence-electron chi connectivity index (χ0n) is 17.2. The Bertz CT molecular complexity index is 449. The second-order valence-corrected chi connectivity index (χ2v) is 8.54. The summed E-state index contributed by atoms with van der Waals surface area (Å²) in [4.78, 5) is 36.2. The van der Waals surface area contributed by atoms with Gasteiger partial charge in [0.1, 0.15) is 0 Å². The Labute approximate surface area is 163 Å². The van der Waals surface area contributed by atoms with Crippen LogP contribution in [0.2, 0.25) is 0 Å². The van der Waals surface area contributed by atoms with Gasteiger partial charge in [0.25, 0.3) is 0 Å². The average molecular weight is 385 g/mol. The van der Waals surface area contributed by atoms with Crippen LogP contribution in [0, 0.1) is 29.6 Å². The van der Waals surface area contributed by atoms with Crippen LogP contribution in [0.25, 0.3) is 0 Å². The molecule has 2 unspecified atom stereocenters. The van der Waals surface area contributed by atoms with E-state index < -0.39 is 23.7 Å². The molecule has 0 aromatic carbocycles. The van der Waals surface area contributed by atoms with Gasteiger partial charge in [-0.05, 0) is 56.8 Å². The second kappa shape index (κ2) is 12.0. The van der Waals surface area contributed by atoms with Crippen molar-refractivity contribution >= 4 is 17.9 Å². The molecule has 0 amide bonds. The van der Waals surface area contributed by atoms with Crippen molar-refractivity contribution in [1.29, 1.82) is 0 Å². The average Bonchev–Trinajstić information content (AvgIpc) is 2.61. The number of hydrogen-bond acceptors (Lipinski definition) is 5. The van der Waals surface area contributed by atoms with Gasteiger partial charge >= 0.3 is 17.9 Å². The number of carboxylic acid groups (broad SMARTS) is 1. The van der Waals surface area contributed by atoms with Gasteiger partial charge in [0.05, 0.1) is 31.0 Å². The molecule has 0 saturated heterocycles. The van der Waals surface area contributed by atoms with Crippen molar-refractivity contribution < 1.29 is 29.0 Å². The molecule has 0 radical (unpaired) electrons. The molecule has 156 valence electrons. The maximum Gasteiger partial charge on any atom is 0.308 e. The first-order chi connectivity index (χ1) is 12.7. The van der Waals surface area contributed by atoms with E-state index >= 15 is 0 Å². The molecule has 1 aliphatic rings. The van der Waals surface area contributed by atoms with E-state index in [9.17, 15) is 19.5 Å². The number of ether oxygens (including phenoxy) is 2. The number of carbonyl (C=O) groups excluding carboxylic acids is 2. The zero-order valence-corrected chi connectivity index (χ0v) is 17.2. The quantitative estimate of drug-likeness (QED) is 0.427. The molecule has 27 heavy (non-hydrogen) atoms. The van der Waals surface area contributed by atoms with Gasteiger partial charge in [-0.2, -0.15) is 0 Å². The molecule has 1 saturated carbocycles. The fraction of sp³-hybridized carbons (Fsp3) is 0.857. The van der Waals surface area contributed by atoms with Crippen molar-refractivity contribution in [3.05, 3.63) is 0 Å². The minimum absolute atomic E-state index is 0.232. The summed E-state index contributed by atoms with van der Waals surface area (Å²) >= 11 is 0. The van der Waals surface area contributed by atoms with E-state index in [4.69, 9.17) is 9.47 Å². The number of hydrogen-bond donors (Lipinski definition) is 1. The minimum Gasteiger partial charge on any atom is -0.481 e. The third kappa shape index (κ3) is 9.25. The van der Waals surface area contributed by atoms with Gasteiger partial charge in [0, 0.05) is 0 Å². The van der Waals surface area contributed by atoms with E-state index in [0.29, 0.717) is 31.5 Å². The highest BCUT2D eigenvalue weighted by Gasteiger charge is 2.40. The molecule has 6 nitrogen and oxygen atoms in total. The Balaban J connectivity index is 2.54. The highest BCUT2D eigenvalue weighted by molar-refractivity contribution is 5.79. The largest absolute Gasteiger partial charge is 0.481 e. The smallest absolute Gasteiger partial charge is 0.308 e. The van der Waals surface area contributed by atoms with Crippen LogP contribution in [0.3, 0.4) is 0 Å². The number of esters is 2. The standard InChI is InChI=1S/C21H36O6/c1-14(2)7-5-9-26-20(24)17-11-16(19(22)23)12-18(13-17)21(25)27-10-6-8-15(3)4/h14-18H,5-13H2,1-4H3,(H,22,23). The molecule has 1 fully saturated rings. The lowest BCUT2D eigenvalue weighted by Gasteiger charge is -2.30. The van der Waals surface area contributed by atoms with E-state index in [1.54, 1.807) is 0 Å². The maximum absolute atomic E-state index is 12.3. The van der Waals surface area contributed by atoms with Crippen molar-refractivity contribution in [1.82, 2.24) is 0 Å². The Hall–Kier alpha value is -1.59. The Morgan fingerprint density at radius 1 is 0.778 bits per heavy atom. The zero-order chi connectivity index (χ0) is 20.4. The van der Waals surface area contributed by atoms with Crippen molar-refractivity contribution in [2.75, 3.05) is 13.2 Å². The van der Waals surface area contributed by atoms with Gasteiger partial charge in [-0.25, -0.2) is 0 Å².